The molecule has 0 fully saturated rings. The highest BCUT2D eigenvalue weighted by Crippen LogP contribution is 1.93. The maximum Gasteiger partial charge on any atom is 0.150 e. The maximum absolute atomic E-state index is 8.40. The highest BCUT2D eigenvalue weighted by molar-refractivity contribution is 4.91. The predicted molar refractivity (Wildman–Crippen MR) is 46.1 cm³/mol. The molecule has 0 bridgehead atoms. The Morgan fingerprint density at radius 3 is 3.15 bits per heavy atom. The molecule has 1 aromatic heterocycles. The van der Waals surface area contributed by atoms with Crippen LogP contribution < -0.4 is 5.32 Å². The van der Waals surface area contributed by atoms with Gasteiger partial charge in [-0.25, -0.2) is 0 Å². The molecule has 0 spiro atoms. The summed E-state index contributed by atoms with van der Waals surface area (Å²) in [7, 11) is 0. The molecule has 0 aliphatic heterocycles. The Hall–Kier alpha value is -0.910. The highest BCUT2D eigenvalue weighted by atomic mass is 16.5. The number of aliphatic hydroxyl groups is 1. The van der Waals surface area contributed by atoms with Crippen molar-refractivity contribution in [1.82, 2.24) is 10.5 Å². The van der Waals surface area contributed by atoms with Crippen molar-refractivity contribution in [1.29, 1.82) is 0 Å². The van der Waals surface area contributed by atoms with E-state index in [1.807, 2.05) is 6.07 Å². The summed E-state index contributed by atoms with van der Waals surface area (Å²) in [6.07, 6.45) is 1.61. The summed E-state index contributed by atoms with van der Waals surface area (Å²) in [6, 6.07) is 1.81. The minimum atomic E-state index is 0.0715. The monoisotopic (exact) mass is 186 g/mol. The average molecular weight is 186 g/mol. The summed E-state index contributed by atoms with van der Waals surface area (Å²) in [6.45, 7) is 2.45. The minimum absolute atomic E-state index is 0.0715. The molecule has 1 rings (SSSR count). The van der Waals surface area contributed by atoms with E-state index >= 15 is 0 Å². The number of hydrogen-bond donors (Lipinski definition) is 2. The largest absolute Gasteiger partial charge is 0.394 e. The van der Waals surface area contributed by atoms with Crippen LogP contribution in [0.5, 0.6) is 0 Å². The van der Waals surface area contributed by atoms with E-state index < -0.39 is 0 Å². The summed E-state index contributed by atoms with van der Waals surface area (Å²) in [4.78, 5) is 0. The SMILES string of the molecule is OCCOCCNCc1ccno1. The Balaban J connectivity index is 1.90. The molecule has 2 N–H and O–H groups in total. The van der Waals surface area contributed by atoms with Crippen LogP contribution in [0.25, 0.3) is 0 Å². The van der Waals surface area contributed by atoms with Crippen LogP contribution in [-0.4, -0.2) is 36.6 Å². The van der Waals surface area contributed by atoms with Crippen molar-refractivity contribution in [2.75, 3.05) is 26.4 Å². The quantitative estimate of drug-likeness (QED) is 0.576. The lowest BCUT2D eigenvalue weighted by molar-refractivity contribution is 0.0935. The van der Waals surface area contributed by atoms with Gasteiger partial charge >= 0.3 is 0 Å². The number of aliphatic hydroxyl groups excluding tert-OH is 1. The lowest BCUT2D eigenvalue weighted by Gasteiger charge is -2.02. The molecule has 13 heavy (non-hydrogen) atoms. The van der Waals surface area contributed by atoms with E-state index in [-0.39, 0.29) is 6.61 Å². The smallest absolute Gasteiger partial charge is 0.150 e. The van der Waals surface area contributed by atoms with Gasteiger partial charge in [0.25, 0.3) is 0 Å². The zero-order valence-electron chi connectivity index (χ0n) is 7.40. The third kappa shape index (κ3) is 4.62. The van der Waals surface area contributed by atoms with Gasteiger partial charge in [-0.3, -0.25) is 0 Å². The van der Waals surface area contributed by atoms with E-state index in [2.05, 4.69) is 10.5 Å². The Morgan fingerprint density at radius 2 is 2.46 bits per heavy atom. The molecule has 1 heterocycles. The van der Waals surface area contributed by atoms with E-state index in [9.17, 15) is 0 Å². The minimum Gasteiger partial charge on any atom is -0.394 e. The highest BCUT2D eigenvalue weighted by Gasteiger charge is 1.94. The van der Waals surface area contributed by atoms with Crippen LogP contribution in [-0.2, 0) is 11.3 Å². The number of nitrogens with one attached hydrogen (secondary N) is 1. The fourth-order valence-electron chi connectivity index (χ4n) is 0.856. The number of rotatable bonds is 7. The molecule has 0 atom stereocenters. The Kier molecular flexibility index (Phi) is 5.16. The van der Waals surface area contributed by atoms with E-state index in [1.54, 1.807) is 6.20 Å². The van der Waals surface area contributed by atoms with Gasteiger partial charge in [0.15, 0.2) is 0 Å². The molecule has 0 saturated carbocycles. The zero-order valence-corrected chi connectivity index (χ0v) is 7.40. The van der Waals surface area contributed by atoms with Crippen LogP contribution in [0.1, 0.15) is 5.76 Å². The molecule has 0 amide bonds. The molecular formula is C8H14N2O3. The maximum atomic E-state index is 8.40. The van der Waals surface area contributed by atoms with Gasteiger partial charge in [-0.05, 0) is 0 Å². The van der Waals surface area contributed by atoms with Crippen molar-refractivity contribution in [3.63, 3.8) is 0 Å². The van der Waals surface area contributed by atoms with Crippen molar-refractivity contribution in [3.8, 4) is 0 Å². The molecule has 74 valence electrons. The number of ether oxygens (including phenoxy) is 1. The molecule has 0 unspecified atom stereocenters. The molecule has 5 heteroatoms. The molecule has 1 aromatic rings. The average Bonchev–Trinajstić information content (AvgIpc) is 2.63. The van der Waals surface area contributed by atoms with Crippen molar-refractivity contribution >= 4 is 0 Å². The van der Waals surface area contributed by atoms with Crippen LogP contribution in [0.2, 0.25) is 0 Å². The molecule has 0 aliphatic carbocycles. The Bertz CT molecular complexity index is 201. The Morgan fingerprint density at radius 1 is 1.54 bits per heavy atom. The van der Waals surface area contributed by atoms with Crippen LogP contribution in [0.4, 0.5) is 0 Å². The van der Waals surface area contributed by atoms with Crippen molar-refractivity contribution < 1.29 is 14.4 Å². The van der Waals surface area contributed by atoms with E-state index in [0.29, 0.717) is 19.8 Å². The summed E-state index contributed by atoms with van der Waals surface area (Å²) < 4.78 is 9.91. The van der Waals surface area contributed by atoms with Crippen molar-refractivity contribution in [3.05, 3.63) is 18.0 Å². The van der Waals surface area contributed by atoms with E-state index in [1.165, 1.54) is 0 Å². The first-order chi connectivity index (χ1) is 6.43. The fourth-order valence-corrected chi connectivity index (χ4v) is 0.856. The summed E-state index contributed by atoms with van der Waals surface area (Å²) in [5, 5.41) is 15.1. The van der Waals surface area contributed by atoms with Gasteiger partial charge in [-0.15, -0.1) is 0 Å². The van der Waals surface area contributed by atoms with Gasteiger partial charge in [0.05, 0.1) is 32.6 Å². The fraction of sp³-hybridized carbons (Fsp3) is 0.625. The second-order valence-corrected chi connectivity index (χ2v) is 2.49. The lowest BCUT2D eigenvalue weighted by atomic mass is 10.4. The predicted octanol–water partition coefficient (Wildman–Crippen LogP) is -0.227. The van der Waals surface area contributed by atoms with Gasteiger partial charge in [0, 0.05) is 12.6 Å². The molecular weight excluding hydrogens is 172 g/mol. The van der Waals surface area contributed by atoms with Crippen LogP contribution in [0, 0.1) is 0 Å². The van der Waals surface area contributed by atoms with Crippen LogP contribution in [0.15, 0.2) is 16.8 Å². The van der Waals surface area contributed by atoms with Crippen LogP contribution in [0.3, 0.4) is 0 Å². The molecule has 0 radical (unpaired) electrons. The molecule has 0 aromatic carbocycles. The standard InChI is InChI=1S/C8H14N2O3/c11-4-6-12-5-3-9-7-8-1-2-10-13-8/h1-2,9,11H,3-7H2. The summed E-state index contributed by atoms with van der Waals surface area (Å²) >= 11 is 0. The van der Waals surface area contributed by atoms with Crippen molar-refractivity contribution in [2.45, 2.75) is 6.54 Å². The zero-order chi connectivity index (χ0) is 9.36. The Labute approximate surface area is 76.7 Å². The number of nitrogens with zero attached hydrogens (tertiary/aromatic N) is 1. The third-order valence-corrected chi connectivity index (χ3v) is 1.45. The van der Waals surface area contributed by atoms with Gasteiger partial charge in [-0.1, -0.05) is 5.16 Å². The van der Waals surface area contributed by atoms with Gasteiger partial charge in [0.1, 0.15) is 5.76 Å². The van der Waals surface area contributed by atoms with E-state index in [0.717, 1.165) is 12.3 Å². The van der Waals surface area contributed by atoms with Gasteiger partial charge in [0.2, 0.25) is 0 Å². The molecule has 0 aliphatic rings. The second-order valence-electron chi connectivity index (χ2n) is 2.49. The molecule has 0 saturated heterocycles. The normalized spacial score (nSPS) is 10.5. The topological polar surface area (TPSA) is 67.5 Å². The summed E-state index contributed by atoms with van der Waals surface area (Å²) in [5.41, 5.74) is 0. The number of aromatic nitrogens is 1. The van der Waals surface area contributed by atoms with Crippen molar-refractivity contribution in [2.24, 2.45) is 0 Å². The first-order valence-corrected chi connectivity index (χ1v) is 4.22. The van der Waals surface area contributed by atoms with Crippen LogP contribution >= 0.6 is 0 Å². The van der Waals surface area contributed by atoms with Gasteiger partial charge < -0.3 is 19.7 Å². The first kappa shape index (κ1) is 10.2. The first-order valence-electron chi connectivity index (χ1n) is 4.22. The summed E-state index contributed by atoms with van der Waals surface area (Å²) in [5.74, 6) is 0.808. The molecule has 5 nitrogen and oxygen atoms in total. The lowest BCUT2D eigenvalue weighted by Crippen LogP contribution is -2.19. The van der Waals surface area contributed by atoms with E-state index in [4.69, 9.17) is 14.4 Å². The second kappa shape index (κ2) is 6.59. The van der Waals surface area contributed by atoms with Gasteiger partial charge in [-0.2, -0.15) is 0 Å². The number of hydrogen-bond acceptors (Lipinski definition) is 5. The third-order valence-electron chi connectivity index (χ3n) is 1.45.